The van der Waals surface area contributed by atoms with Gasteiger partial charge in [0.05, 0.1) is 33.6 Å². The van der Waals surface area contributed by atoms with Crippen LogP contribution < -0.4 is 15.6 Å². The van der Waals surface area contributed by atoms with Gasteiger partial charge in [-0.3, -0.25) is 14.7 Å². The number of fused-ring (bicyclic) bond motifs is 1. The van der Waals surface area contributed by atoms with Gasteiger partial charge in [0.15, 0.2) is 0 Å². The number of halogens is 2. The molecule has 10 nitrogen and oxygen atoms in total. The van der Waals surface area contributed by atoms with Crippen molar-refractivity contribution in [2.75, 3.05) is 36.6 Å². The largest absolute Gasteiger partial charge is 0.359 e. The van der Waals surface area contributed by atoms with Crippen molar-refractivity contribution < 1.29 is 26.7 Å². The third-order valence-corrected chi connectivity index (χ3v) is 10.0. The maximum absolute atomic E-state index is 13.8. The highest BCUT2D eigenvalue weighted by molar-refractivity contribution is 7.91. The summed E-state index contributed by atoms with van der Waals surface area (Å²) < 4.78 is 59.9. The molecule has 45 heavy (non-hydrogen) atoms. The van der Waals surface area contributed by atoms with Crippen molar-refractivity contribution >= 4 is 32.3 Å². The van der Waals surface area contributed by atoms with E-state index in [-0.39, 0.29) is 23.1 Å². The summed E-state index contributed by atoms with van der Waals surface area (Å²) in [6, 6.07) is 14.3. The minimum absolute atomic E-state index is 0.111. The van der Waals surface area contributed by atoms with E-state index in [1.807, 2.05) is 23.2 Å². The summed E-state index contributed by atoms with van der Waals surface area (Å²) >= 11 is 0. The maximum Gasteiger partial charge on any atom is 0.255 e. The van der Waals surface area contributed by atoms with Gasteiger partial charge in [-0.25, -0.2) is 17.2 Å². The number of carbonyl (C=O) groups excluding carboxylic acids is 1. The van der Waals surface area contributed by atoms with Crippen LogP contribution in [0.4, 0.5) is 14.5 Å². The molecule has 2 aliphatic rings. The monoisotopic (exact) mass is 638 g/mol. The molecule has 6 rings (SSSR count). The molecule has 0 radical (unpaired) electrons. The van der Waals surface area contributed by atoms with Gasteiger partial charge < -0.3 is 15.4 Å². The van der Waals surface area contributed by atoms with Gasteiger partial charge in [0.25, 0.3) is 5.91 Å². The van der Waals surface area contributed by atoms with Crippen molar-refractivity contribution in [3.8, 4) is 0 Å². The molecular weight excluding hydrogens is 602 g/mol. The Labute approximate surface area is 260 Å². The van der Waals surface area contributed by atoms with E-state index in [2.05, 4.69) is 34.5 Å². The molecule has 1 aromatic heterocycles. The zero-order chi connectivity index (χ0) is 31.7. The average Bonchev–Trinajstić information content (AvgIpc) is 3.44. The number of ether oxygens (including phenoxy) is 1. The van der Waals surface area contributed by atoms with Crippen molar-refractivity contribution in [1.82, 2.24) is 20.1 Å². The van der Waals surface area contributed by atoms with Crippen LogP contribution in [0, 0.1) is 11.6 Å². The number of rotatable bonds is 8. The number of benzene rings is 3. The SMILES string of the molecule is CC(C)N1CCN(n2ncc3cc(S(=O)(=O)c4cc(F)cc(F)c4)ccc32)C(NC(=O)c2ccccc2NC2CCCCO2)C1. The molecule has 0 spiro atoms. The minimum Gasteiger partial charge on any atom is -0.359 e. The number of para-hydroxylation sites is 1. The van der Waals surface area contributed by atoms with E-state index >= 15 is 0 Å². The zero-order valence-electron chi connectivity index (χ0n) is 25.1. The Balaban J connectivity index is 1.28. The summed E-state index contributed by atoms with van der Waals surface area (Å²) in [7, 11) is -4.19. The number of piperazine rings is 1. The number of hydrogen-bond donors (Lipinski definition) is 2. The molecule has 2 unspecified atom stereocenters. The number of carbonyl (C=O) groups is 1. The van der Waals surface area contributed by atoms with Crippen LogP contribution in [0.2, 0.25) is 0 Å². The van der Waals surface area contributed by atoms with E-state index in [0.29, 0.717) is 47.9 Å². The van der Waals surface area contributed by atoms with Crippen LogP contribution in [0.25, 0.3) is 10.9 Å². The van der Waals surface area contributed by atoms with Crippen LogP contribution in [0.1, 0.15) is 43.5 Å². The van der Waals surface area contributed by atoms with Gasteiger partial charge in [-0.15, -0.1) is 0 Å². The fourth-order valence-corrected chi connectivity index (χ4v) is 7.20. The van der Waals surface area contributed by atoms with Crippen molar-refractivity contribution in [3.63, 3.8) is 0 Å². The van der Waals surface area contributed by atoms with Gasteiger partial charge in [-0.05, 0) is 75.6 Å². The van der Waals surface area contributed by atoms with Gasteiger partial charge >= 0.3 is 0 Å². The average molecular weight is 639 g/mol. The van der Waals surface area contributed by atoms with Crippen LogP contribution in [0.3, 0.4) is 0 Å². The quantitative estimate of drug-likeness (QED) is 0.291. The molecule has 13 heteroatoms. The first kappa shape index (κ1) is 30.9. The first-order chi connectivity index (χ1) is 21.6. The molecule has 4 aromatic rings. The molecule has 2 aliphatic heterocycles. The Morgan fingerprint density at radius 1 is 1.00 bits per heavy atom. The number of nitrogens with zero attached hydrogens (tertiary/aromatic N) is 4. The van der Waals surface area contributed by atoms with E-state index in [0.717, 1.165) is 37.9 Å². The lowest BCUT2D eigenvalue weighted by molar-refractivity contribution is 0.0343. The van der Waals surface area contributed by atoms with E-state index in [4.69, 9.17) is 4.74 Å². The highest BCUT2D eigenvalue weighted by atomic mass is 32.2. The predicted molar refractivity (Wildman–Crippen MR) is 166 cm³/mol. The van der Waals surface area contributed by atoms with E-state index in [1.54, 1.807) is 16.9 Å². The topological polar surface area (TPSA) is 109 Å². The van der Waals surface area contributed by atoms with Crippen LogP contribution in [0.15, 0.2) is 76.7 Å². The summed E-state index contributed by atoms with van der Waals surface area (Å²) in [4.78, 5) is 17.2. The second-order valence-corrected chi connectivity index (χ2v) is 13.6. The summed E-state index contributed by atoms with van der Waals surface area (Å²) in [5, 5.41) is 13.6. The molecule has 3 heterocycles. The van der Waals surface area contributed by atoms with Crippen molar-refractivity contribution in [3.05, 3.63) is 84.1 Å². The van der Waals surface area contributed by atoms with Gasteiger partial charge in [0.2, 0.25) is 9.84 Å². The molecule has 2 fully saturated rings. The Bertz CT molecular complexity index is 1790. The van der Waals surface area contributed by atoms with Gasteiger partial charge in [-0.2, -0.15) is 9.89 Å². The van der Waals surface area contributed by atoms with Gasteiger partial charge in [0, 0.05) is 42.9 Å². The van der Waals surface area contributed by atoms with Crippen LogP contribution in [-0.4, -0.2) is 73.8 Å². The number of amides is 1. The number of anilines is 1. The summed E-state index contributed by atoms with van der Waals surface area (Å²) in [5.41, 5.74) is 1.82. The second-order valence-electron chi connectivity index (χ2n) is 11.6. The molecule has 0 aliphatic carbocycles. The van der Waals surface area contributed by atoms with E-state index in [1.165, 1.54) is 18.3 Å². The number of sulfone groups is 1. The highest BCUT2D eigenvalue weighted by Crippen LogP contribution is 2.27. The van der Waals surface area contributed by atoms with Crippen LogP contribution >= 0.6 is 0 Å². The van der Waals surface area contributed by atoms with Crippen LogP contribution in [0.5, 0.6) is 0 Å². The molecule has 2 atom stereocenters. The molecule has 1 amide bonds. The molecule has 2 saturated heterocycles. The standard InChI is InChI=1S/C32H36F2N6O4S/c1-21(2)38-12-13-39(30(20-38)37-32(41)27-7-3-4-8-28(27)36-31-9-5-6-14-44-31)40-29-11-10-25(15-22(29)19-35-40)45(42,43)26-17-23(33)16-24(34)18-26/h3-4,7-8,10-11,15-19,21,30-31,36H,5-6,9,12-14,20H2,1-2H3,(H,37,41). The summed E-state index contributed by atoms with van der Waals surface area (Å²) in [6.45, 7) is 6.69. The molecule has 0 bridgehead atoms. The minimum atomic E-state index is -4.19. The second kappa shape index (κ2) is 12.7. The third-order valence-electron chi connectivity index (χ3n) is 8.30. The van der Waals surface area contributed by atoms with Crippen LogP contribution in [-0.2, 0) is 14.6 Å². The number of aromatic nitrogens is 2. The van der Waals surface area contributed by atoms with Gasteiger partial charge in [0.1, 0.15) is 24.0 Å². The molecule has 0 saturated carbocycles. The lowest BCUT2D eigenvalue weighted by atomic mass is 10.1. The first-order valence-electron chi connectivity index (χ1n) is 15.1. The van der Waals surface area contributed by atoms with E-state index in [9.17, 15) is 22.0 Å². The highest BCUT2D eigenvalue weighted by Gasteiger charge is 2.32. The number of hydrogen-bond acceptors (Lipinski definition) is 8. The first-order valence-corrected chi connectivity index (χ1v) is 16.6. The zero-order valence-corrected chi connectivity index (χ0v) is 25.9. The Hall–Kier alpha value is -4.07. The molecular formula is C32H36F2N6O4S. The Morgan fingerprint density at radius 2 is 1.78 bits per heavy atom. The smallest absolute Gasteiger partial charge is 0.255 e. The lowest BCUT2D eigenvalue weighted by Gasteiger charge is -2.44. The van der Waals surface area contributed by atoms with Crippen molar-refractivity contribution in [1.29, 1.82) is 0 Å². The fourth-order valence-electron chi connectivity index (χ4n) is 5.86. The third kappa shape index (κ3) is 6.51. The fraction of sp³-hybridized carbons (Fsp3) is 0.375. The normalized spacial score (nSPS) is 19.6. The summed E-state index contributed by atoms with van der Waals surface area (Å²) in [6.07, 6.45) is 3.87. The Morgan fingerprint density at radius 3 is 2.51 bits per heavy atom. The molecule has 2 N–H and O–H groups in total. The molecule has 3 aromatic carbocycles. The van der Waals surface area contributed by atoms with Crippen molar-refractivity contribution in [2.45, 2.75) is 61.3 Å². The van der Waals surface area contributed by atoms with Crippen molar-refractivity contribution in [2.24, 2.45) is 0 Å². The molecule has 238 valence electrons. The summed E-state index contributed by atoms with van der Waals surface area (Å²) in [5.74, 6) is -2.20. The van der Waals surface area contributed by atoms with E-state index < -0.39 is 32.5 Å². The number of nitrogens with one attached hydrogen (secondary N) is 2. The Kier molecular flexibility index (Phi) is 8.76. The van der Waals surface area contributed by atoms with Gasteiger partial charge in [-0.1, -0.05) is 12.1 Å². The maximum atomic E-state index is 13.8. The lowest BCUT2D eigenvalue weighted by Crippen LogP contribution is -2.65. The predicted octanol–water partition coefficient (Wildman–Crippen LogP) is 4.50.